The molecule has 0 saturated carbocycles. The minimum atomic E-state index is 0.710. The highest BCUT2D eigenvalue weighted by Crippen LogP contribution is 2.27. The third kappa shape index (κ3) is 2.33. The molecule has 2 rings (SSSR count). The maximum Gasteiger partial charge on any atom is 0.0526 e. The predicted molar refractivity (Wildman–Crippen MR) is 70.0 cm³/mol. The Bertz CT molecular complexity index is 411. The molecule has 1 fully saturated rings. The van der Waals surface area contributed by atoms with Crippen molar-refractivity contribution in [2.24, 2.45) is 5.92 Å². The molecule has 84 valence electrons. The quantitative estimate of drug-likeness (QED) is 0.671. The van der Waals surface area contributed by atoms with Crippen LogP contribution in [0.2, 0.25) is 5.02 Å². The molecule has 0 aromatic heterocycles. The Kier molecular flexibility index (Phi) is 3.41. The molecule has 1 aliphatic heterocycles. The van der Waals surface area contributed by atoms with Gasteiger partial charge in [0, 0.05) is 23.7 Å². The third-order valence-corrected chi connectivity index (χ3v) is 3.47. The number of hydrogen-bond acceptors (Lipinski definition) is 1. The number of rotatable bonds is 1. The Labute approximate surface area is 102 Å². The Balaban J connectivity index is 2.24. The Morgan fingerprint density at radius 2 is 2.06 bits per heavy atom. The molecule has 1 aromatic rings. The van der Waals surface area contributed by atoms with E-state index >= 15 is 0 Å². The zero-order valence-electron chi connectivity index (χ0n) is 9.54. The summed E-state index contributed by atoms with van der Waals surface area (Å²) < 4.78 is 0. The fourth-order valence-electron chi connectivity index (χ4n) is 2.15. The number of benzene rings is 1. The molecule has 0 N–H and O–H groups in total. The van der Waals surface area contributed by atoms with E-state index in [9.17, 15) is 0 Å². The average molecular weight is 234 g/mol. The van der Waals surface area contributed by atoms with Gasteiger partial charge in [-0.3, -0.25) is 0 Å². The molecule has 0 radical (unpaired) electrons. The van der Waals surface area contributed by atoms with E-state index in [-0.39, 0.29) is 0 Å². The molecule has 1 saturated heterocycles. The van der Waals surface area contributed by atoms with Crippen molar-refractivity contribution in [3.8, 4) is 12.3 Å². The molecular formula is C14H16ClN. The highest BCUT2D eigenvalue weighted by molar-refractivity contribution is 6.30. The van der Waals surface area contributed by atoms with Crippen LogP contribution in [0.4, 0.5) is 5.69 Å². The predicted octanol–water partition coefficient (Wildman–Crippen LogP) is 3.56. The van der Waals surface area contributed by atoms with E-state index in [1.807, 2.05) is 18.2 Å². The summed E-state index contributed by atoms with van der Waals surface area (Å²) >= 11 is 5.94. The van der Waals surface area contributed by atoms with Crippen molar-refractivity contribution >= 4 is 17.3 Å². The summed E-state index contributed by atoms with van der Waals surface area (Å²) in [7, 11) is 0. The van der Waals surface area contributed by atoms with Gasteiger partial charge < -0.3 is 4.90 Å². The maximum absolute atomic E-state index is 5.94. The molecule has 0 atom stereocenters. The molecule has 1 heterocycles. The van der Waals surface area contributed by atoms with Crippen molar-refractivity contribution in [2.45, 2.75) is 19.8 Å². The molecule has 1 aliphatic rings. The monoisotopic (exact) mass is 233 g/mol. The molecule has 0 unspecified atom stereocenters. The SMILES string of the molecule is C#Cc1cc(Cl)ccc1N1CCC(C)CC1. The summed E-state index contributed by atoms with van der Waals surface area (Å²) in [6, 6.07) is 5.82. The van der Waals surface area contributed by atoms with Crippen molar-refractivity contribution in [1.82, 2.24) is 0 Å². The van der Waals surface area contributed by atoms with Gasteiger partial charge in [0.2, 0.25) is 0 Å². The van der Waals surface area contributed by atoms with E-state index in [4.69, 9.17) is 18.0 Å². The Morgan fingerprint density at radius 3 is 2.69 bits per heavy atom. The lowest BCUT2D eigenvalue weighted by atomic mass is 9.98. The Hall–Kier alpha value is -1.13. The van der Waals surface area contributed by atoms with Crippen LogP contribution in [0, 0.1) is 18.3 Å². The molecule has 1 nitrogen and oxygen atoms in total. The van der Waals surface area contributed by atoms with E-state index in [1.54, 1.807) is 0 Å². The second kappa shape index (κ2) is 4.80. The number of terminal acetylenes is 1. The van der Waals surface area contributed by atoms with Crippen LogP contribution in [0.15, 0.2) is 18.2 Å². The molecule has 16 heavy (non-hydrogen) atoms. The zero-order valence-corrected chi connectivity index (χ0v) is 10.3. The van der Waals surface area contributed by atoms with Gasteiger partial charge in [0.15, 0.2) is 0 Å². The van der Waals surface area contributed by atoms with Gasteiger partial charge in [0.05, 0.1) is 5.69 Å². The van der Waals surface area contributed by atoms with E-state index < -0.39 is 0 Å². The van der Waals surface area contributed by atoms with Crippen molar-refractivity contribution in [1.29, 1.82) is 0 Å². The fraction of sp³-hybridized carbons (Fsp3) is 0.429. The number of hydrogen-bond donors (Lipinski definition) is 0. The molecular weight excluding hydrogens is 218 g/mol. The summed E-state index contributed by atoms with van der Waals surface area (Å²) in [6.45, 7) is 4.50. The zero-order chi connectivity index (χ0) is 11.5. The summed E-state index contributed by atoms with van der Waals surface area (Å²) in [6.07, 6.45) is 8.00. The van der Waals surface area contributed by atoms with Crippen LogP contribution in [0.25, 0.3) is 0 Å². The van der Waals surface area contributed by atoms with Crippen LogP contribution >= 0.6 is 11.6 Å². The highest BCUT2D eigenvalue weighted by atomic mass is 35.5. The van der Waals surface area contributed by atoms with Crippen LogP contribution in [0.5, 0.6) is 0 Å². The first-order chi connectivity index (χ1) is 7.70. The van der Waals surface area contributed by atoms with E-state index in [2.05, 4.69) is 17.7 Å². The second-order valence-electron chi connectivity index (χ2n) is 4.48. The summed E-state index contributed by atoms with van der Waals surface area (Å²) in [5.41, 5.74) is 2.06. The number of piperidine rings is 1. The van der Waals surface area contributed by atoms with Gasteiger partial charge in [-0.15, -0.1) is 6.42 Å². The van der Waals surface area contributed by atoms with Gasteiger partial charge in [0.1, 0.15) is 0 Å². The van der Waals surface area contributed by atoms with Gasteiger partial charge in [-0.2, -0.15) is 0 Å². The average Bonchev–Trinajstić information content (AvgIpc) is 2.30. The molecule has 0 aliphatic carbocycles. The smallest absolute Gasteiger partial charge is 0.0526 e. The lowest BCUT2D eigenvalue weighted by Crippen LogP contribution is -2.33. The molecule has 0 spiro atoms. The largest absolute Gasteiger partial charge is 0.371 e. The van der Waals surface area contributed by atoms with Crippen molar-refractivity contribution < 1.29 is 0 Å². The first-order valence-electron chi connectivity index (χ1n) is 5.72. The lowest BCUT2D eigenvalue weighted by molar-refractivity contribution is 0.438. The van der Waals surface area contributed by atoms with Gasteiger partial charge in [0.25, 0.3) is 0 Å². The third-order valence-electron chi connectivity index (χ3n) is 3.24. The van der Waals surface area contributed by atoms with Crippen molar-refractivity contribution in [3.63, 3.8) is 0 Å². The van der Waals surface area contributed by atoms with Crippen LogP contribution in [-0.4, -0.2) is 13.1 Å². The topological polar surface area (TPSA) is 3.24 Å². The summed E-state index contributed by atoms with van der Waals surface area (Å²) in [4.78, 5) is 2.37. The minimum absolute atomic E-state index is 0.710. The van der Waals surface area contributed by atoms with Crippen LogP contribution in [0.1, 0.15) is 25.3 Å². The first-order valence-corrected chi connectivity index (χ1v) is 6.09. The first kappa shape index (κ1) is 11.4. The normalized spacial score (nSPS) is 17.2. The van der Waals surface area contributed by atoms with E-state index in [0.29, 0.717) is 5.02 Å². The number of halogens is 1. The van der Waals surface area contributed by atoms with Crippen LogP contribution in [-0.2, 0) is 0 Å². The fourth-order valence-corrected chi connectivity index (χ4v) is 2.32. The molecule has 1 aromatic carbocycles. The van der Waals surface area contributed by atoms with Crippen LogP contribution < -0.4 is 4.90 Å². The Morgan fingerprint density at radius 1 is 1.38 bits per heavy atom. The van der Waals surface area contributed by atoms with Crippen LogP contribution in [0.3, 0.4) is 0 Å². The van der Waals surface area contributed by atoms with Crippen molar-refractivity contribution in [2.75, 3.05) is 18.0 Å². The standard InChI is InChI=1S/C14H16ClN/c1-3-12-10-13(15)4-5-14(12)16-8-6-11(2)7-9-16/h1,4-5,10-11H,6-9H2,2H3. The van der Waals surface area contributed by atoms with E-state index in [1.165, 1.54) is 12.8 Å². The van der Waals surface area contributed by atoms with E-state index in [0.717, 1.165) is 30.3 Å². The molecule has 0 bridgehead atoms. The van der Waals surface area contributed by atoms with Gasteiger partial charge >= 0.3 is 0 Å². The maximum atomic E-state index is 5.94. The molecule has 2 heteroatoms. The minimum Gasteiger partial charge on any atom is -0.371 e. The summed E-state index contributed by atoms with van der Waals surface area (Å²) in [5, 5.41) is 0.710. The number of anilines is 1. The lowest BCUT2D eigenvalue weighted by Gasteiger charge is -2.32. The second-order valence-corrected chi connectivity index (χ2v) is 4.91. The highest BCUT2D eigenvalue weighted by Gasteiger charge is 2.17. The summed E-state index contributed by atoms with van der Waals surface area (Å²) in [5.74, 6) is 3.55. The van der Waals surface area contributed by atoms with Gasteiger partial charge in [-0.1, -0.05) is 24.4 Å². The van der Waals surface area contributed by atoms with Crippen molar-refractivity contribution in [3.05, 3.63) is 28.8 Å². The van der Waals surface area contributed by atoms with Gasteiger partial charge in [-0.25, -0.2) is 0 Å². The number of nitrogens with zero attached hydrogens (tertiary/aromatic N) is 1. The van der Waals surface area contributed by atoms with Gasteiger partial charge in [-0.05, 0) is 37.0 Å². The molecule has 0 amide bonds.